The molecule has 0 aromatic heterocycles. The first-order chi connectivity index (χ1) is 11.6. The SMILES string of the molecule is CS(=O)(=O)O.[B]Cc1ccc2c(c1)CN(C1CCC(=O)NC1=O)C2=O. The smallest absolute Gasteiger partial charge is 0.261 e. The minimum absolute atomic E-state index is 0.155. The van der Waals surface area contributed by atoms with Crippen LogP contribution < -0.4 is 5.32 Å². The Morgan fingerprint density at radius 2 is 1.96 bits per heavy atom. The molecule has 0 aliphatic carbocycles. The van der Waals surface area contributed by atoms with Crippen molar-refractivity contribution in [3.63, 3.8) is 0 Å². The monoisotopic (exact) mass is 364 g/mol. The highest BCUT2D eigenvalue weighted by Gasteiger charge is 2.38. The highest BCUT2D eigenvalue weighted by molar-refractivity contribution is 7.85. The second kappa shape index (κ2) is 7.36. The highest BCUT2D eigenvalue weighted by atomic mass is 32.2. The minimum atomic E-state index is -3.67. The fraction of sp³-hybridized carbons (Fsp3) is 0.400. The molecule has 2 radical (unpaired) electrons. The van der Waals surface area contributed by atoms with Crippen molar-refractivity contribution in [3.8, 4) is 0 Å². The van der Waals surface area contributed by atoms with Gasteiger partial charge in [0.2, 0.25) is 11.8 Å². The van der Waals surface area contributed by atoms with E-state index < -0.39 is 16.2 Å². The molecule has 132 valence electrons. The summed E-state index contributed by atoms with van der Waals surface area (Å²) in [5, 5.41) is 2.28. The predicted octanol–water partition coefficient (Wildman–Crippen LogP) is -0.380. The van der Waals surface area contributed by atoms with Crippen LogP contribution >= 0.6 is 0 Å². The highest BCUT2D eigenvalue weighted by Crippen LogP contribution is 2.28. The lowest BCUT2D eigenvalue weighted by molar-refractivity contribution is -0.136. The summed E-state index contributed by atoms with van der Waals surface area (Å²) in [4.78, 5) is 36.9. The van der Waals surface area contributed by atoms with E-state index in [2.05, 4.69) is 5.32 Å². The van der Waals surface area contributed by atoms with E-state index >= 15 is 0 Å². The molecule has 0 bridgehead atoms. The molecule has 2 N–H and O–H groups in total. The van der Waals surface area contributed by atoms with E-state index in [1.165, 1.54) is 4.90 Å². The standard InChI is InChI=1S/C14H13BN2O3.CH4O3S/c15-6-8-1-2-10-9(5-8)7-17(14(10)20)11-3-4-12(18)16-13(11)19;1-5(2,3)4/h1-2,5,11H,3-4,6-7H2,(H,16,18,19);1H3,(H,2,3,4). The van der Waals surface area contributed by atoms with Gasteiger partial charge in [-0.15, -0.1) is 0 Å². The molecule has 3 amide bonds. The predicted molar refractivity (Wildman–Crippen MR) is 89.4 cm³/mol. The molecule has 1 aromatic carbocycles. The first-order valence-electron chi connectivity index (χ1n) is 7.49. The maximum absolute atomic E-state index is 12.4. The number of nitrogens with zero attached hydrogens (tertiary/aromatic N) is 1. The molecule has 8 nitrogen and oxygen atoms in total. The van der Waals surface area contributed by atoms with Crippen LogP contribution in [0.1, 0.15) is 34.3 Å². The maximum atomic E-state index is 12.4. The molecular formula is C15H17BN2O6S. The van der Waals surface area contributed by atoms with Gasteiger partial charge in [-0.25, -0.2) is 0 Å². The third-order valence-electron chi connectivity index (χ3n) is 3.82. The van der Waals surface area contributed by atoms with Crippen LogP contribution in [0.15, 0.2) is 18.2 Å². The van der Waals surface area contributed by atoms with Crippen LogP contribution in [0.25, 0.3) is 0 Å². The number of amides is 3. The molecule has 2 heterocycles. The van der Waals surface area contributed by atoms with Crippen LogP contribution in [0.4, 0.5) is 0 Å². The van der Waals surface area contributed by atoms with Crippen LogP contribution in [-0.2, 0) is 32.6 Å². The van der Waals surface area contributed by atoms with E-state index in [0.717, 1.165) is 11.1 Å². The number of hydrogen-bond donors (Lipinski definition) is 2. The van der Waals surface area contributed by atoms with Gasteiger partial charge in [0.15, 0.2) is 0 Å². The van der Waals surface area contributed by atoms with Crippen molar-refractivity contribution in [1.82, 2.24) is 10.2 Å². The minimum Gasteiger partial charge on any atom is -0.322 e. The molecule has 1 fully saturated rings. The van der Waals surface area contributed by atoms with Gasteiger partial charge in [-0.2, -0.15) is 8.42 Å². The Balaban J connectivity index is 0.000000399. The summed E-state index contributed by atoms with van der Waals surface area (Å²) < 4.78 is 25.9. The Bertz CT molecular complexity index is 815. The topological polar surface area (TPSA) is 121 Å². The van der Waals surface area contributed by atoms with Crippen LogP contribution in [0.5, 0.6) is 0 Å². The summed E-state index contributed by atoms with van der Waals surface area (Å²) in [6, 6.07) is 4.92. The average molecular weight is 364 g/mol. The molecule has 1 aromatic rings. The van der Waals surface area contributed by atoms with Gasteiger partial charge in [0, 0.05) is 18.5 Å². The Kier molecular flexibility index (Phi) is 5.63. The number of piperidine rings is 1. The van der Waals surface area contributed by atoms with Crippen LogP contribution in [-0.4, -0.2) is 55.7 Å². The Morgan fingerprint density at radius 1 is 1.32 bits per heavy atom. The van der Waals surface area contributed by atoms with Crippen molar-refractivity contribution in [3.05, 3.63) is 34.9 Å². The third kappa shape index (κ3) is 4.89. The maximum Gasteiger partial charge on any atom is 0.261 e. The lowest BCUT2D eigenvalue weighted by Crippen LogP contribution is -2.52. The lowest BCUT2D eigenvalue weighted by atomic mass is 9.94. The number of nitrogens with one attached hydrogen (secondary N) is 1. The van der Waals surface area contributed by atoms with Gasteiger partial charge in [0.1, 0.15) is 6.04 Å². The van der Waals surface area contributed by atoms with Gasteiger partial charge in [-0.05, 0) is 18.1 Å². The number of benzene rings is 1. The summed E-state index contributed by atoms with van der Waals surface area (Å²) in [5.74, 6) is -0.819. The quantitative estimate of drug-likeness (QED) is 0.419. The summed E-state index contributed by atoms with van der Waals surface area (Å²) in [6.07, 6.45) is 1.78. The van der Waals surface area contributed by atoms with Gasteiger partial charge >= 0.3 is 0 Å². The average Bonchev–Trinajstić information content (AvgIpc) is 2.82. The van der Waals surface area contributed by atoms with Gasteiger partial charge in [0.05, 0.1) is 14.1 Å². The largest absolute Gasteiger partial charge is 0.322 e. The number of imide groups is 1. The molecular weight excluding hydrogens is 347 g/mol. The van der Waals surface area contributed by atoms with Crippen molar-refractivity contribution < 1.29 is 27.4 Å². The number of rotatable bonds is 2. The van der Waals surface area contributed by atoms with Gasteiger partial charge in [-0.3, -0.25) is 24.3 Å². The number of fused-ring (bicyclic) bond motifs is 1. The summed E-state index contributed by atoms with van der Waals surface area (Å²) in [7, 11) is 1.93. The normalized spacial score (nSPS) is 19.8. The number of carbonyl (C=O) groups excluding carboxylic acids is 3. The Labute approximate surface area is 146 Å². The zero-order valence-corrected chi connectivity index (χ0v) is 14.4. The first-order valence-corrected chi connectivity index (χ1v) is 9.34. The summed E-state index contributed by atoms with van der Waals surface area (Å²) >= 11 is 0. The fourth-order valence-electron chi connectivity index (χ4n) is 2.75. The van der Waals surface area contributed by atoms with E-state index in [-0.39, 0.29) is 24.1 Å². The Morgan fingerprint density at radius 3 is 2.52 bits per heavy atom. The van der Waals surface area contributed by atoms with E-state index in [9.17, 15) is 22.8 Å². The van der Waals surface area contributed by atoms with Crippen molar-refractivity contribution >= 4 is 35.7 Å². The van der Waals surface area contributed by atoms with Gasteiger partial charge < -0.3 is 4.90 Å². The fourth-order valence-corrected chi connectivity index (χ4v) is 2.75. The second-order valence-corrected chi connectivity index (χ2v) is 7.29. The van der Waals surface area contributed by atoms with E-state index in [1.54, 1.807) is 6.07 Å². The molecule has 2 aliphatic rings. The molecule has 1 saturated heterocycles. The second-order valence-electron chi connectivity index (χ2n) is 5.83. The van der Waals surface area contributed by atoms with E-state index in [4.69, 9.17) is 12.4 Å². The lowest BCUT2D eigenvalue weighted by Gasteiger charge is -2.29. The zero-order valence-electron chi connectivity index (χ0n) is 13.6. The summed E-state index contributed by atoms with van der Waals surface area (Å²) in [6.45, 7) is 0.397. The molecule has 10 heteroatoms. The molecule has 0 saturated carbocycles. The van der Waals surface area contributed by atoms with Crippen molar-refractivity contribution in [2.75, 3.05) is 6.26 Å². The number of carbonyl (C=O) groups is 3. The van der Waals surface area contributed by atoms with Crippen LogP contribution in [0.3, 0.4) is 0 Å². The first kappa shape index (κ1) is 19.1. The molecule has 25 heavy (non-hydrogen) atoms. The van der Waals surface area contributed by atoms with E-state index in [0.29, 0.717) is 31.1 Å². The zero-order chi connectivity index (χ0) is 18.8. The van der Waals surface area contributed by atoms with Gasteiger partial charge in [-0.1, -0.05) is 24.0 Å². The van der Waals surface area contributed by atoms with E-state index in [1.807, 2.05) is 12.1 Å². The number of hydrogen-bond acceptors (Lipinski definition) is 5. The molecule has 1 atom stereocenters. The van der Waals surface area contributed by atoms with Crippen molar-refractivity contribution in [1.29, 1.82) is 0 Å². The summed E-state index contributed by atoms with van der Waals surface area (Å²) in [5.41, 5.74) is 2.47. The van der Waals surface area contributed by atoms with Crippen molar-refractivity contribution in [2.45, 2.75) is 31.7 Å². The van der Waals surface area contributed by atoms with Gasteiger partial charge in [0.25, 0.3) is 16.0 Å². The van der Waals surface area contributed by atoms with Crippen molar-refractivity contribution in [2.24, 2.45) is 0 Å². The van der Waals surface area contributed by atoms with Crippen LogP contribution in [0, 0.1) is 0 Å². The molecule has 2 aliphatic heterocycles. The molecule has 0 spiro atoms. The Hall–Kier alpha value is -2.20. The third-order valence-corrected chi connectivity index (χ3v) is 3.82. The molecule has 1 unspecified atom stereocenters. The van der Waals surface area contributed by atoms with Crippen LogP contribution in [0.2, 0.25) is 0 Å². The molecule has 3 rings (SSSR count).